The fourth-order valence-corrected chi connectivity index (χ4v) is 2.67. The Balaban J connectivity index is 2.11. The maximum atomic E-state index is 6.39. The van der Waals surface area contributed by atoms with Crippen LogP contribution in [0.3, 0.4) is 0 Å². The van der Waals surface area contributed by atoms with Crippen molar-refractivity contribution < 1.29 is 14.2 Å². The average Bonchev–Trinajstić information content (AvgIpc) is 2.61. The molecule has 0 heterocycles. The van der Waals surface area contributed by atoms with Gasteiger partial charge < -0.3 is 19.5 Å². The predicted molar refractivity (Wildman–Crippen MR) is 102 cm³/mol. The van der Waals surface area contributed by atoms with E-state index in [1.165, 1.54) is 0 Å². The van der Waals surface area contributed by atoms with Crippen LogP contribution in [0.2, 0.25) is 10.0 Å². The number of ether oxygens (including phenoxy) is 3. The van der Waals surface area contributed by atoms with Crippen molar-refractivity contribution in [3.8, 4) is 11.5 Å². The van der Waals surface area contributed by atoms with E-state index in [4.69, 9.17) is 37.4 Å². The summed E-state index contributed by atoms with van der Waals surface area (Å²) in [4.78, 5) is 0. The quantitative estimate of drug-likeness (QED) is 0.603. The molecule has 0 saturated heterocycles. The molecule has 0 spiro atoms. The molecule has 0 atom stereocenters. The lowest BCUT2D eigenvalue weighted by Crippen LogP contribution is -2.18. The molecule has 1 N–H and O–H groups in total. The van der Waals surface area contributed by atoms with Crippen molar-refractivity contribution in [1.29, 1.82) is 0 Å². The highest BCUT2D eigenvalue weighted by Crippen LogP contribution is 2.34. The summed E-state index contributed by atoms with van der Waals surface area (Å²) in [5, 5.41) is 4.57. The fraction of sp³-hybridized carbons (Fsp3) is 0.368. The third-order valence-electron chi connectivity index (χ3n) is 3.55. The molecule has 4 nitrogen and oxygen atoms in total. The standard InChI is InChI=1S/C19H23Cl2NO3/c1-3-24-18-10-15(12-22-8-9-23-2)17(21)11-19(18)25-13-14-6-4-5-7-16(14)20/h4-7,10-11,22H,3,8-9,12-13H2,1-2H3. The van der Waals surface area contributed by atoms with Gasteiger partial charge in [0.05, 0.1) is 13.2 Å². The largest absolute Gasteiger partial charge is 0.490 e. The van der Waals surface area contributed by atoms with Crippen molar-refractivity contribution in [1.82, 2.24) is 5.32 Å². The van der Waals surface area contributed by atoms with Crippen LogP contribution in [0, 0.1) is 0 Å². The molecule has 0 radical (unpaired) electrons. The summed E-state index contributed by atoms with van der Waals surface area (Å²) in [7, 11) is 1.67. The second-order valence-corrected chi connectivity index (χ2v) is 6.19. The number of benzene rings is 2. The zero-order valence-electron chi connectivity index (χ0n) is 14.5. The monoisotopic (exact) mass is 383 g/mol. The predicted octanol–water partition coefficient (Wildman–Crippen LogP) is 4.71. The zero-order valence-corrected chi connectivity index (χ0v) is 16.0. The lowest BCUT2D eigenvalue weighted by Gasteiger charge is -2.15. The van der Waals surface area contributed by atoms with Gasteiger partial charge in [-0.25, -0.2) is 0 Å². The smallest absolute Gasteiger partial charge is 0.163 e. The third kappa shape index (κ3) is 6.08. The first kappa shape index (κ1) is 19.9. The highest BCUT2D eigenvalue weighted by atomic mass is 35.5. The van der Waals surface area contributed by atoms with Crippen molar-refractivity contribution in [2.75, 3.05) is 26.9 Å². The first-order valence-corrected chi connectivity index (χ1v) is 8.92. The van der Waals surface area contributed by atoms with Crippen molar-refractivity contribution in [2.24, 2.45) is 0 Å². The van der Waals surface area contributed by atoms with Gasteiger partial charge in [0.2, 0.25) is 0 Å². The van der Waals surface area contributed by atoms with E-state index in [-0.39, 0.29) is 0 Å². The van der Waals surface area contributed by atoms with Crippen LogP contribution < -0.4 is 14.8 Å². The molecule has 0 amide bonds. The van der Waals surface area contributed by atoms with E-state index in [1.54, 1.807) is 13.2 Å². The van der Waals surface area contributed by atoms with Crippen LogP contribution >= 0.6 is 23.2 Å². The molecule has 2 aromatic rings. The first-order valence-electron chi connectivity index (χ1n) is 8.16. The van der Waals surface area contributed by atoms with E-state index in [9.17, 15) is 0 Å². The molecular weight excluding hydrogens is 361 g/mol. The van der Waals surface area contributed by atoms with Gasteiger partial charge in [-0.1, -0.05) is 41.4 Å². The van der Waals surface area contributed by atoms with Crippen molar-refractivity contribution in [3.05, 3.63) is 57.6 Å². The van der Waals surface area contributed by atoms with Gasteiger partial charge in [-0.3, -0.25) is 0 Å². The number of methoxy groups -OCH3 is 1. The molecule has 0 aliphatic rings. The summed E-state index contributed by atoms with van der Waals surface area (Å²) in [5.74, 6) is 1.27. The van der Waals surface area contributed by atoms with Crippen molar-refractivity contribution in [3.63, 3.8) is 0 Å². The first-order chi connectivity index (χ1) is 12.2. The summed E-state index contributed by atoms with van der Waals surface area (Å²) >= 11 is 12.6. The molecule has 0 fully saturated rings. The molecule has 0 unspecified atom stereocenters. The molecule has 0 aliphatic heterocycles. The molecule has 6 heteroatoms. The van der Waals surface area contributed by atoms with E-state index in [1.807, 2.05) is 37.3 Å². The van der Waals surface area contributed by atoms with Crippen molar-refractivity contribution in [2.45, 2.75) is 20.1 Å². The van der Waals surface area contributed by atoms with Crippen LogP contribution in [0.5, 0.6) is 11.5 Å². The van der Waals surface area contributed by atoms with Gasteiger partial charge in [0, 0.05) is 41.9 Å². The number of nitrogens with one attached hydrogen (secondary N) is 1. The minimum Gasteiger partial charge on any atom is -0.490 e. The van der Waals surface area contributed by atoms with Crippen LogP contribution in [0.25, 0.3) is 0 Å². The van der Waals surface area contributed by atoms with E-state index in [0.29, 0.717) is 47.9 Å². The Bertz CT molecular complexity index is 680. The lowest BCUT2D eigenvalue weighted by molar-refractivity contribution is 0.199. The van der Waals surface area contributed by atoms with Crippen molar-refractivity contribution >= 4 is 23.2 Å². The minimum absolute atomic E-state index is 0.349. The summed E-state index contributed by atoms with van der Waals surface area (Å²) in [6.45, 7) is 4.86. The van der Waals surface area contributed by atoms with Crippen LogP contribution in [0.1, 0.15) is 18.1 Å². The number of hydrogen-bond donors (Lipinski definition) is 1. The zero-order chi connectivity index (χ0) is 18.1. The minimum atomic E-state index is 0.349. The van der Waals surface area contributed by atoms with Gasteiger partial charge in [0.25, 0.3) is 0 Å². The Labute approximate surface area is 159 Å². The lowest BCUT2D eigenvalue weighted by atomic mass is 10.2. The van der Waals surface area contributed by atoms with Crippen LogP contribution in [0.15, 0.2) is 36.4 Å². The van der Waals surface area contributed by atoms with E-state index in [2.05, 4.69) is 5.32 Å². The Morgan fingerprint density at radius 1 is 0.960 bits per heavy atom. The Hall–Kier alpha value is -1.46. The molecule has 2 rings (SSSR count). The van der Waals surface area contributed by atoms with Gasteiger partial charge in [0.15, 0.2) is 11.5 Å². The van der Waals surface area contributed by atoms with Crippen LogP contribution in [-0.4, -0.2) is 26.9 Å². The van der Waals surface area contributed by atoms with Gasteiger partial charge in [-0.15, -0.1) is 0 Å². The number of halogens is 2. The second kappa shape index (κ2) is 10.5. The second-order valence-electron chi connectivity index (χ2n) is 5.37. The molecule has 25 heavy (non-hydrogen) atoms. The van der Waals surface area contributed by atoms with Crippen LogP contribution in [0.4, 0.5) is 0 Å². The Kier molecular flexibility index (Phi) is 8.35. The van der Waals surface area contributed by atoms with Gasteiger partial charge in [-0.05, 0) is 24.6 Å². The molecule has 136 valence electrons. The Morgan fingerprint density at radius 2 is 1.72 bits per heavy atom. The maximum absolute atomic E-state index is 6.39. The number of hydrogen-bond acceptors (Lipinski definition) is 4. The average molecular weight is 384 g/mol. The highest BCUT2D eigenvalue weighted by Gasteiger charge is 2.12. The normalized spacial score (nSPS) is 10.7. The van der Waals surface area contributed by atoms with Gasteiger partial charge in [-0.2, -0.15) is 0 Å². The third-order valence-corrected chi connectivity index (χ3v) is 4.27. The Morgan fingerprint density at radius 3 is 2.44 bits per heavy atom. The summed E-state index contributed by atoms with van der Waals surface area (Å²) < 4.78 is 16.6. The van der Waals surface area contributed by atoms with E-state index >= 15 is 0 Å². The topological polar surface area (TPSA) is 39.7 Å². The summed E-state index contributed by atoms with van der Waals surface area (Å²) in [6.07, 6.45) is 0. The van der Waals surface area contributed by atoms with Crippen LogP contribution in [-0.2, 0) is 17.9 Å². The molecule has 2 aromatic carbocycles. The molecule has 0 bridgehead atoms. The number of rotatable bonds is 10. The molecule has 0 aromatic heterocycles. The van der Waals surface area contributed by atoms with E-state index < -0.39 is 0 Å². The maximum Gasteiger partial charge on any atom is 0.163 e. The molecular formula is C19H23Cl2NO3. The highest BCUT2D eigenvalue weighted by molar-refractivity contribution is 6.31. The van der Waals surface area contributed by atoms with Gasteiger partial charge in [0.1, 0.15) is 6.61 Å². The van der Waals surface area contributed by atoms with Gasteiger partial charge >= 0.3 is 0 Å². The summed E-state index contributed by atoms with van der Waals surface area (Å²) in [5.41, 5.74) is 1.86. The molecule has 0 saturated carbocycles. The molecule has 0 aliphatic carbocycles. The van der Waals surface area contributed by atoms with E-state index in [0.717, 1.165) is 17.7 Å². The fourth-order valence-electron chi connectivity index (χ4n) is 2.26. The summed E-state index contributed by atoms with van der Waals surface area (Å²) in [6, 6.07) is 11.3. The SMILES string of the molecule is CCOc1cc(CNCCOC)c(Cl)cc1OCc1ccccc1Cl.